The summed E-state index contributed by atoms with van der Waals surface area (Å²) in [5, 5.41) is 0.619. The maximum absolute atomic E-state index is 15.4. The minimum absolute atomic E-state index is 0.0157. The molecule has 4 aromatic rings. The van der Waals surface area contributed by atoms with Gasteiger partial charge in [0.15, 0.2) is 34.6 Å². The minimum atomic E-state index is -1.10. The van der Waals surface area contributed by atoms with Gasteiger partial charge in [0, 0.05) is 50.1 Å². The lowest BCUT2D eigenvalue weighted by molar-refractivity contribution is -0.134. The van der Waals surface area contributed by atoms with Crippen LogP contribution in [-0.4, -0.2) is 68.0 Å². The molecule has 1 aliphatic heterocycles. The second-order valence-corrected chi connectivity index (χ2v) is 12.3. The molecule has 246 valence electrons. The molecule has 0 N–H and O–H groups in total. The first-order valence-electron chi connectivity index (χ1n) is 15.9. The van der Waals surface area contributed by atoms with Crippen LogP contribution in [0.15, 0.2) is 66.9 Å². The lowest BCUT2D eigenvalue weighted by Crippen LogP contribution is -2.37. The van der Waals surface area contributed by atoms with Crippen LogP contribution in [0, 0.1) is 23.0 Å². The van der Waals surface area contributed by atoms with Crippen molar-refractivity contribution in [1.82, 2.24) is 9.88 Å². The van der Waals surface area contributed by atoms with Crippen LogP contribution in [0.4, 0.5) is 8.78 Å². The molecule has 0 radical (unpaired) electrons. The van der Waals surface area contributed by atoms with Crippen LogP contribution in [0.25, 0.3) is 10.9 Å². The molecule has 1 saturated carbocycles. The molecule has 2 fully saturated rings. The van der Waals surface area contributed by atoms with Gasteiger partial charge in [-0.2, -0.15) is 0 Å². The van der Waals surface area contributed by atoms with Crippen LogP contribution in [0.3, 0.4) is 0 Å². The third-order valence-corrected chi connectivity index (χ3v) is 9.13. The summed E-state index contributed by atoms with van der Waals surface area (Å²) in [5.41, 5.74) is 0.605. The SMILES string of the molecule is COc1cc2c(Oc3ccc(CC(=O)[C@]4(C(=O)Cc5ccc(F)cc5)C[C@H]4C)cc3F)ccnc2cc1OCCCN1CCOCC1. The summed E-state index contributed by atoms with van der Waals surface area (Å²) in [6, 6.07) is 15.3. The van der Waals surface area contributed by atoms with Gasteiger partial charge in [0.25, 0.3) is 0 Å². The fraction of sp³-hybridized carbons (Fsp3) is 0.378. The number of Topliss-reactive ketones (excluding diaryl/α,β-unsaturated/α-hetero) is 2. The van der Waals surface area contributed by atoms with E-state index in [1.54, 1.807) is 49.7 Å². The molecule has 6 rings (SSSR count). The molecular weight excluding hydrogens is 606 g/mol. The van der Waals surface area contributed by atoms with Crippen molar-refractivity contribution >= 4 is 22.5 Å². The first kappa shape index (κ1) is 32.5. The van der Waals surface area contributed by atoms with E-state index >= 15 is 4.39 Å². The average molecular weight is 645 g/mol. The van der Waals surface area contributed by atoms with Crippen molar-refractivity contribution < 1.29 is 37.3 Å². The lowest BCUT2D eigenvalue weighted by atomic mass is 9.86. The zero-order valence-corrected chi connectivity index (χ0v) is 26.6. The summed E-state index contributed by atoms with van der Waals surface area (Å²) in [5.74, 6) is -0.122. The van der Waals surface area contributed by atoms with Gasteiger partial charge in [-0.1, -0.05) is 25.1 Å². The van der Waals surface area contributed by atoms with E-state index in [1.807, 2.05) is 6.92 Å². The average Bonchev–Trinajstić information content (AvgIpc) is 3.77. The Labute approximate surface area is 272 Å². The highest BCUT2D eigenvalue weighted by molar-refractivity contribution is 6.11. The van der Waals surface area contributed by atoms with Gasteiger partial charge in [-0.3, -0.25) is 19.5 Å². The lowest BCUT2D eigenvalue weighted by Gasteiger charge is -2.26. The molecule has 2 heterocycles. The van der Waals surface area contributed by atoms with Gasteiger partial charge in [-0.05, 0) is 66.3 Å². The fourth-order valence-electron chi connectivity index (χ4n) is 6.29. The second-order valence-electron chi connectivity index (χ2n) is 12.3. The van der Waals surface area contributed by atoms with Crippen LogP contribution in [0.2, 0.25) is 0 Å². The molecule has 0 amide bonds. The number of fused-ring (bicyclic) bond motifs is 1. The number of hydrogen-bond acceptors (Lipinski definition) is 8. The number of benzene rings is 3. The number of pyridine rings is 1. The molecule has 3 aromatic carbocycles. The summed E-state index contributed by atoms with van der Waals surface area (Å²) in [6.07, 6.45) is 2.85. The van der Waals surface area contributed by atoms with Crippen molar-refractivity contribution in [3.05, 3.63) is 89.6 Å². The molecule has 1 aliphatic carbocycles. The number of carbonyl (C=O) groups excluding carboxylic acids is 2. The predicted molar refractivity (Wildman–Crippen MR) is 172 cm³/mol. The van der Waals surface area contributed by atoms with Gasteiger partial charge in [0.1, 0.15) is 11.6 Å². The number of halogens is 2. The van der Waals surface area contributed by atoms with Crippen LogP contribution >= 0.6 is 0 Å². The molecule has 1 saturated heterocycles. The number of aromatic nitrogens is 1. The summed E-state index contributed by atoms with van der Waals surface area (Å²) >= 11 is 0. The monoisotopic (exact) mass is 644 g/mol. The fourth-order valence-corrected chi connectivity index (χ4v) is 6.29. The van der Waals surface area contributed by atoms with Crippen molar-refractivity contribution in [2.24, 2.45) is 11.3 Å². The van der Waals surface area contributed by atoms with E-state index in [0.717, 1.165) is 39.3 Å². The largest absolute Gasteiger partial charge is 0.493 e. The normalized spacial score (nSPS) is 19.4. The summed E-state index contributed by atoms with van der Waals surface area (Å²) in [7, 11) is 1.56. The number of methoxy groups -OCH3 is 1. The van der Waals surface area contributed by atoms with Gasteiger partial charge in [-0.15, -0.1) is 0 Å². The maximum atomic E-state index is 15.4. The molecule has 2 atom stereocenters. The Hall–Kier alpha value is -4.41. The molecule has 0 bridgehead atoms. The van der Waals surface area contributed by atoms with Crippen LogP contribution in [0.5, 0.6) is 23.0 Å². The number of hydrogen-bond donors (Lipinski definition) is 0. The van der Waals surface area contributed by atoms with E-state index < -0.39 is 11.2 Å². The molecule has 10 heteroatoms. The molecule has 0 spiro atoms. The van der Waals surface area contributed by atoms with Crippen molar-refractivity contribution in [2.45, 2.75) is 32.6 Å². The first-order valence-corrected chi connectivity index (χ1v) is 15.9. The smallest absolute Gasteiger partial charge is 0.166 e. The molecule has 1 aromatic heterocycles. The van der Waals surface area contributed by atoms with E-state index in [2.05, 4.69) is 9.88 Å². The Morgan fingerprint density at radius 2 is 1.62 bits per heavy atom. The number of morpholine rings is 1. The summed E-state index contributed by atoms with van der Waals surface area (Å²) < 4.78 is 51.7. The number of nitrogens with zero attached hydrogens (tertiary/aromatic N) is 2. The zero-order valence-electron chi connectivity index (χ0n) is 26.6. The second kappa shape index (κ2) is 14.1. The zero-order chi connectivity index (χ0) is 33.0. The predicted octanol–water partition coefficient (Wildman–Crippen LogP) is 6.36. The Bertz CT molecular complexity index is 1760. The van der Waals surface area contributed by atoms with Crippen LogP contribution < -0.4 is 14.2 Å². The maximum Gasteiger partial charge on any atom is 0.166 e. The Balaban J connectivity index is 1.11. The minimum Gasteiger partial charge on any atom is -0.493 e. The van der Waals surface area contributed by atoms with Crippen molar-refractivity contribution in [2.75, 3.05) is 46.6 Å². The number of ether oxygens (including phenoxy) is 4. The van der Waals surface area contributed by atoms with Crippen molar-refractivity contribution in [3.63, 3.8) is 0 Å². The highest BCUT2D eigenvalue weighted by Crippen LogP contribution is 2.54. The first-order chi connectivity index (χ1) is 22.8. The van der Waals surface area contributed by atoms with Gasteiger partial charge in [0.05, 0.1) is 37.9 Å². The Morgan fingerprint density at radius 3 is 2.30 bits per heavy atom. The van der Waals surface area contributed by atoms with Crippen LogP contribution in [0.1, 0.15) is 30.9 Å². The van der Waals surface area contributed by atoms with E-state index in [9.17, 15) is 14.0 Å². The highest BCUT2D eigenvalue weighted by atomic mass is 19.1. The van der Waals surface area contributed by atoms with Gasteiger partial charge in [-0.25, -0.2) is 8.78 Å². The molecule has 2 aliphatic rings. The highest BCUT2D eigenvalue weighted by Gasteiger charge is 2.61. The molecule has 47 heavy (non-hydrogen) atoms. The van der Waals surface area contributed by atoms with E-state index in [-0.39, 0.29) is 41.9 Å². The third kappa shape index (κ3) is 7.29. The summed E-state index contributed by atoms with van der Waals surface area (Å²) in [4.78, 5) is 33.4. The van der Waals surface area contributed by atoms with Gasteiger partial charge in [0.2, 0.25) is 0 Å². The van der Waals surface area contributed by atoms with E-state index in [4.69, 9.17) is 18.9 Å². The number of carbonyl (C=O) groups is 2. The molecule has 0 unspecified atom stereocenters. The quantitative estimate of drug-likeness (QED) is 0.116. The standard InChI is InChI=1S/C37H38F2N2O6/c1-24-23-37(24,35(42)19-25-4-7-27(38)8-5-25)36(43)20-26-6-9-32(29(39)18-26)47-31-10-11-40-30-22-34(33(44-2)21-28(30)31)46-15-3-12-41-13-16-45-17-14-41/h4-11,18,21-22,24H,3,12-17,19-20,23H2,1-2H3/t24-,37-/m1/s1. The van der Waals surface area contributed by atoms with Crippen molar-refractivity contribution in [3.8, 4) is 23.0 Å². The molecular formula is C37H38F2N2O6. The number of rotatable bonds is 14. The Morgan fingerprint density at radius 1 is 0.915 bits per heavy atom. The van der Waals surface area contributed by atoms with Gasteiger partial charge >= 0.3 is 0 Å². The molecule has 8 nitrogen and oxygen atoms in total. The van der Waals surface area contributed by atoms with Gasteiger partial charge < -0.3 is 18.9 Å². The number of ketones is 2. The third-order valence-electron chi connectivity index (χ3n) is 9.13. The van der Waals surface area contributed by atoms with Crippen LogP contribution in [-0.2, 0) is 27.2 Å². The topological polar surface area (TPSA) is 87.2 Å². The summed E-state index contributed by atoms with van der Waals surface area (Å²) in [6.45, 7) is 6.66. The van der Waals surface area contributed by atoms with E-state index in [0.29, 0.717) is 52.3 Å². The van der Waals surface area contributed by atoms with E-state index in [1.165, 1.54) is 24.3 Å². The Kier molecular flexibility index (Phi) is 9.79. The van der Waals surface area contributed by atoms with Crippen molar-refractivity contribution in [1.29, 1.82) is 0 Å².